The Balaban J connectivity index is 1.35. The number of hydrogen-bond donors (Lipinski definition) is 1. The second kappa shape index (κ2) is 8.94. The highest BCUT2D eigenvalue weighted by molar-refractivity contribution is 7.17. The first kappa shape index (κ1) is 20.5. The van der Waals surface area contributed by atoms with Crippen LogP contribution in [-0.2, 0) is 4.74 Å². The summed E-state index contributed by atoms with van der Waals surface area (Å²) in [5.74, 6) is 0.711. The minimum atomic E-state index is 0.0265. The van der Waals surface area contributed by atoms with E-state index in [0.29, 0.717) is 5.92 Å². The highest BCUT2D eigenvalue weighted by Gasteiger charge is 2.26. The summed E-state index contributed by atoms with van der Waals surface area (Å²) in [6.07, 6.45) is 3.21. The summed E-state index contributed by atoms with van der Waals surface area (Å²) in [6.45, 7) is 11.2. The van der Waals surface area contributed by atoms with Gasteiger partial charge in [0.2, 0.25) is 0 Å². The third-order valence-electron chi connectivity index (χ3n) is 6.08. The van der Waals surface area contributed by atoms with Gasteiger partial charge in [0, 0.05) is 37.8 Å². The molecule has 0 aliphatic carbocycles. The summed E-state index contributed by atoms with van der Waals surface area (Å²) >= 11 is 1.50. The van der Waals surface area contributed by atoms with Crippen molar-refractivity contribution in [2.45, 2.75) is 46.1 Å². The van der Waals surface area contributed by atoms with Gasteiger partial charge in [0.1, 0.15) is 9.88 Å². The van der Waals surface area contributed by atoms with Crippen molar-refractivity contribution in [3.05, 3.63) is 39.9 Å². The predicted octanol–water partition coefficient (Wildman–Crippen LogP) is 3.97. The van der Waals surface area contributed by atoms with Crippen molar-refractivity contribution >= 4 is 17.2 Å². The smallest absolute Gasteiger partial charge is 0.263 e. The van der Waals surface area contributed by atoms with E-state index in [1.165, 1.54) is 28.9 Å². The Labute approximate surface area is 177 Å². The number of aromatic nitrogens is 1. The van der Waals surface area contributed by atoms with Crippen LogP contribution in [0, 0.1) is 26.7 Å². The fourth-order valence-electron chi connectivity index (χ4n) is 4.38. The number of nitrogens with zero attached hydrogens (tertiary/aromatic N) is 2. The molecule has 2 aliphatic rings. The number of rotatable bonds is 5. The van der Waals surface area contributed by atoms with E-state index in [2.05, 4.69) is 42.3 Å². The quantitative estimate of drug-likeness (QED) is 0.806. The molecule has 2 saturated heterocycles. The van der Waals surface area contributed by atoms with Gasteiger partial charge in [-0.1, -0.05) is 23.8 Å². The lowest BCUT2D eigenvalue weighted by Gasteiger charge is -2.33. The van der Waals surface area contributed by atoms with Gasteiger partial charge in [0.15, 0.2) is 0 Å². The fourth-order valence-corrected chi connectivity index (χ4v) is 5.44. The molecule has 1 aromatic heterocycles. The highest BCUT2D eigenvalue weighted by Crippen LogP contribution is 2.31. The molecule has 1 aromatic carbocycles. The molecule has 29 heavy (non-hydrogen) atoms. The monoisotopic (exact) mass is 413 g/mol. The number of thiazole rings is 1. The lowest BCUT2D eigenvalue weighted by molar-refractivity contribution is 0.0906. The number of hydrogen-bond acceptors (Lipinski definition) is 5. The van der Waals surface area contributed by atoms with Crippen LogP contribution in [0.15, 0.2) is 18.2 Å². The number of aryl methyl sites for hydroxylation is 3. The number of piperidine rings is 1. The Morgan fingerprint density at radius 2 is 2.03 bits per heavy atom. The lowest BCUT2D eigenvalue weighted by atomic mass is 10.0. The topological polar surface area (TPSA) is 54.5 Å². The van der Waals surface area contributed by atoms with Crippen LogP contribution in [0.25, 0.3) is 10.6 Å². The summed E-state index contributed by atoms with van der Waals surface area (Å²) in [7, 11) is 0. The average molecular weight is 414 g/mol. The van der Waals surface area contributed by atoms with E-state index in [1.54, 1.807) is 0 Å². The van der Waals surface area contributed by atoms with Crippen LogP contribution in [0.5, 0.6) is 0 Å². The molecule has 0 bridgehead atoms. The van der Waals surface area contributed by atoms with Crippen molar-refractivity contribution in [2.24, 2.45) is 5.92 Å². The van der Waals surface area contributed by atoms with Crippen LogP contribution in [0.3, 0.4) is 0 Å². The van der Waals surface area contributed by atoms with Gasteiger partial charge >= 0.3 is 0 Å². The summed E-state index contributed by atoms with van der Waals surface area (Å²) < 4.78 is 5.49. The third kappa shape index (κ3) is 4.87. The molecule has 0 radical (unpaired) electrons. The molecule has 2 fully saturated rings. The van der Waals surface area contributed by atoms with Gasteiger partial charge in [-0.15, -0.1) is 11.3 Å². The van der Waals surface area contributed by atoms with E-state index in [4.69, 9.17) is 9.72 Å². The van der Waals surface area contributed by atoms with E-state index in [1.807, 2.05) is 6.92 Å². The average Bonchev–Trinajstić information content (AvgIpc) is 3.33. The second-order valence-corrected chi connectivity index (χ2v) is 9.53. The van der Waals surface area contributed by atoms with Crippen molar-refractivity contribution in [3.63, 3.8) is 0 Å². The molecule has 2 aromatic rings. The van der Waals surface area contributed by atoms with Gasteiger partial charge in [-0.3, -0.25) is 4.79 Å². The number of carbonyl (C=O) groups is 1. The Bertz CT molecular complexity index is 865. The molecule has 156 valence electrons. The largest absolute Gasteiger partial charge is 0.381 e. The molecule has 1 atom stereocenters. The number of carbonyl (C=O) groups excluding carboxylic acids is 1. The van der Waals surface area contributed by atoms with Crippen LogP contribution in [0.4, 0.5) is 0 Å². The maximum absolute atomic E-state index is 12.9. The zero-order chi connectivity index (χ0) is 20.4. The number of ether oxygens (including phenoxy) is 1. The van der Waals surface area contributed by atoms with E-state index in [9.17, 15) is 4.79 Å². The molecular weight excluding hydrogens is 382 g/mol. The van der Waals surface area contributed by atoms with Gasteiger partial charge in [-0.2, -0.15) is 0 Å². The minimum absolute atomic E-state index is 0.0265. The van der Waals surface area contributed by atoms with Crippen LogP contribution in [0.2, 0.25) is 0 Å². The Hall–Kier alpha value is -1.76. The Morgan fingerprint density at radius 1 is 1.24 bits per heavy atom. The maximum Gasteiger partial charge on any atom is 0.263 e. The molecular formula is C23H31N3O2S. The number of benzene rings is 1. The van der Waals surface area contributed by atoms with E-state index in [0.717, 1.165) is 66.8 Å². The highest BCUT2D eigenvalue weighted by atomic mass is 32.1. The lowest BCUT2D eigenvalue weighted by Crippen LogP contribution is -2.45. The molecule has 3 heterocycles. The van der Waals surface area contributed by atoms with Crippen molar-refractivity contribution in [1.29, 1.82) is 0 Å². The molecule has 4 rings (SSSR count). The summed E-state index contributed by atoms with van der Waals surface area (Å²) in [5, 5.41) is 4.19. The van der Waals surface area contributed by atoms with Crippen molar-refractivity contribution in [2.75, 3.05) is 32.8 Å². The molecule has 0 saturated carbocycles. The zero-order valence-corrected chi connectivity index (χ0v) is 18.5. The molecule has 0 spiro atoms. The third-order valence-corrected chi connectivity index (χ3v) is 7.27. The van der Waals surface area contributed by atoms with Crippen molar-refractivity contribution < 1.29 is 9.53 Å². The van der Waals surface area contributed by atoms with Gasteiger partial charge in [-0.05, 0) is 51.5 Å². The summed E-state index contributed by atoms with van der Waals surface area (Å²) in [4.78, 5) is 20.9. The summed E-state index contributed by atoms with van der Waals surface area (Å²) in [5.41, 5.74) is 4.38. The first-order valence-corrected chi connectivity index (χ1v) is 11.5. The van der Waals surface area contributed by atoms with Crippen LogP contribution in [-0.4, -0.2) is 54.7 Å². The first-order valence-electron chi connectivity index (χ1n) is 10.7. The van der Waals surface area contributed by atoms with Gasteiger partial charge in [0.05, 0.1) is 12.3 Å². The Kier molecular flexibility index (Phi) is 6.32. The maximum atomic E-state index is 12.9. The number of amides is 1. The van der Waals surface area contributed by atoms with Crippen LogP contribution >= 0.6 is 11.3 Å². The fraction of sp³-hybridized carbons (Fsp3) is 0.565. The first-order chi connectivity index (χ1) is 14.0. The normalized spacial score (nSPS) is 20.9. The van der Waals surface area contributed by atoms with E-state index >= 15 is 0 Å². The molecule has 1 unspecified atom stereocenters. The number of nitrogens with one attached hydrogen (secondary N) is 1. The molecule has 1 amide bonds. The zero-order valence-electron chi connectivity index (χ0n) is 17.7. The minimum Gasteiger partial charge on any atom is -0.381 e. The second-order valence-electron chi connectivity index (χ2n) is 8.53. The van der Waals surface area contributed by atoms with E-state index < -0.39 is 0 Å². The molecule has 1 N–H and O–H groups in total. The van der Waals surface area contributed by atoms with Gasteiger partial charge in [0.25, 0.3) is 5.91 Å². The molecule has 2 aliphatic heterocycles. The SMILES string of the molecule is Cc1ccc(-c2nc(C)c(C(=O)NC3CCN(CC4CCOC4)CC3)s2)c(C)c1. The van der Waals surface area contributed by atoms with Gasteiger partial charge < -0.3 is 15.0 Å². The van der Waals surface area contributed by atoms with Crippen LogP contribution < -0.4 is 5.32 Å². The van der Waals surface area contributed by atoms with Crippen LogP contribution in [0.1, 0.15) is 45.8 Å². The van der Waals surface area contributed by atoms with Crippen molar-refractivity contribution in [1.82, 2.24) is 15.2 Å². The standard InChI is InChI=1S/C23H31N3O2S/c1-15-4-5-20(16(2)12-15)23-24-17(3)21(29-23)22(27)25-19-6-9-26(10-7-19)13-18-8-11-28-14-18/h4-5,12,18-19H,6-11,13-14H2,1-3H3,(H,25,27). The summed E-state index contributed by atoms with van der Waals surface area (Å²) in [6, 6.07) is 6.63. The Morgan fingerprint density at radius 3 is 2.72 bits per heavy atom. The van der Waals surface area contributed by atoms with Gasteiger partial charge in [-0.25, -0.2) is 4.98 Å². The predicted molar refractivity (Wildman–Crippen MR) is 118 cm³/mol. The molecule has 6 heteroatoms. The number of likely N-dealkylation sites (tertiary alicyclic amines) is 1. The molecule has 5 nitrogen and oxygen atoms in total. The van der Waals surface area contributed by atoms with Crippen molar-refractivity contribution in [3.8, 4) is 10.6 Å². The van der Waals surface area contributed by atoms with E-state index in [-0.39, 0.29) is 11.9 Å².